The van der Waals surface area contributed by atoms with Gasteiger partial charge in [0.15, 0.2) is 0 Å². The van der Waals surface area contributed by atoms with Crippen molar-refractivity contribution in [1.29, 1.82) is 0 Å². The molecule has 0 N–H and O–H groups in total. The lowest BCUT2D eigenvalue weighted by molar-refractivity contribution is -0.0366. The molecular weight excluding hydrogens is 270 g/mol. The highest BCUT2D eigenvalue weighted by atomic mass is 35.5. The van der Waals surface area contributed by atoms with Crippen LogP contribution in [-0.2, 0) is 11.3 Å². The lowest BCUT2D eigenvalue weighted by atomic mass is 9.76. The summed E-state index contributed by atoms with van der Waals surface area (Å²) in [5, 5.41) is 0.891. The standard InChI is InChI=1S/C17H24ClNO/c1-20-16-8-4-9-17(16)10-5-11-19(13-17)12-14-6-2-3-7-15(14)18/h2-3,6-7,16H,4-5,8-13H2,1H3/t16-,17+/m1/s1. The quantitative estimate of drug-likeness (QED) is 0.831. The van der Waals surface area contributed by atoms with Crippen molar-refractivity contribution in [3.63, 3.8) is 0 Å². The summed E-state index contributed by atoms with van der Waals surface area (Å²) in [6, 6.07) is 8.21. The van der Waals surface area contributed by atoms with Crippen molar-refractivity contribution < 1.29 is 4.74 Å². The second-order valence-electron chi connectivity index (χ2n) is 6.38. The predicted octanol–water partition coefficient (Wildman–Crippen LogP) is 4.12. The Hall–Kier alpha value is -0.570. The van der Waals surface area contributed by atoms with Crippen LogP contribution < -0.4 is 0 Å². The summed E-state index contributed by atoms with van der Waals surface area (Å²) in [6.07, 6.45) is 6.94. The van der Waals surface area contributed by atoms with Crippen molar-refractivity contribution in [3.05, 3.63) is 34.9 Å². The van der Waals surface area contributed by atoms with E-state index in [0.717, 1.165) is 18.1 Å². The lowest BCUT2D eigenvalue weighted by Gasteiger charge is -2.43. The van der Waals surface area contributed by atoms with Crippen LogP contribution in [0, 0.1) is 5.41 Å². The summed E-state index contributed by atoms with van der Waals surface area (Å²) in [7, 11) is 1.88. The van der Waals surface area contributed by atoms with E-state index in [1.54, 1.807) is 0 Å². The van der Waals surface area contributed by atoms with Gasteiger partial charge in [0.2, 0.25) is 0 Å². The summed E-state index contributed by atoms with van der Waals surface area (Å²) in [5.41, 5.74) is 1.65. The zero-order chi connectivity index (χ0) is 14.0. The van der Waals surface area contributed by atoms with Crippen LogP contribution in [0.1, 0.15) is 37.7 Å². The molecule has 1 saturated carbocycles. The van der Waals surface area contributed by atoms with E-state index in [0.29, 0.717) is 11.5 Å². The van der Waals surface area contributed by atoms with Crippen molar-refractivity contribution in [2.24, 2.45) is 5.41 Å². The number of hydrogen-bond donors (Lipinski definition) is 0. The third kappa shape index (κ3) is 2.74. The van der Waals surface area contributed by atoms with Crippen molar-refractivity contribution in [2.75, 3.05) is 20.2 Å². The highest BCUT2D eigenvalue weighted by Crippen LogP contribution is 2.46. The molecule has 2 aliphatic rings. The maximum Gasteiger partial charge on any atom is 0.0639 e. The topological polar surface area (TPSA) is 12.5 Å². The monoisotopic (exact) mass is 293 g/mol. The molecule has 1 aliphatic carbocycles. The van der Waals surface area contributed by atoms with E-state index >= 15 is 0 Å². The molecule has 0 radical (unpaired) electrons. The van der Waals surface area contributed by atoms with Crippen molar-refractivity contribution in [3.8, 4) is 0 Å². The molecule has 1 aromatic carbocycles. The second-order valence-corrected chi connectivity index (χ2v) is 6.79. The summed E-state index contributed by atoms with van der Waals surface area (Å²) in [4.78, 5) is 2.57. The van der Waals surface area contributed by atoms with Gasteiger partial charge in [-0.2, -0.15) is 0 Å². The van der Waals surface area contributed by atoms with E-state index in [1.807, 2.05) is 19.2 Å². The average Bonchev–Trinajstić information content (AvgIpc) is 2.83. The lowest BCUT2D eigenvalue weighted by Crippen LogP contribution is -2.47. The van der Waals surface area contributed by atoms with E-state index in [1.165, 1.54) is 44.2 Å². The molecule has 1 aromatic rings. The SMILES string of the molecule is CO[C@@H]1CCC[C@@]12CCCN(Cc1ccccc1Cl)C2. The first-order chi connectivity index (χ1) is 9.73. The number of ether oxygens (including phenoxy) is 1. The molecule has 0 bridgehead atoms. The second kappa shape index (κ2) is 6.05. The Morgan fingerprint density at radius 2 is 2.10 bits per heavy atom. The molecule has 0 aromatic heterocycles. The molecule has 2 nitrogen and oxygen atoms in total. The zero-order valence-electron chi connectivity index (χ0n) is 12.3. The molecule has 2 fully saturated rings. The number of methoxy groups -OCH3 is 1. The number of halogens is 1. The first-order valence-corrected chi connectivity index (χ1v) is 8.10. The summed E-state index contributed by atoms with van der Waals surface area (Å²) in [6.45, 7) is 3.32. The smallest absolute Gasteiger partial charge is 0.0639 e. The van der Waals surface area contributed by atoms with Crippen LogP contribution in [0.15, 0.2) is 24.3 Å². The van der Waals surface area contributed by atoms with Gasteiger partial charge in [-0.25, -0.2) is 0 Å². The van der Waals surface area contributed by atoms with E-state index in [9.17, 15) is 0 Å². The first-order valence-electron chi connectivity index (χ1n) is 7.72. The molecule has 3 rings (SSSR count). The van der Waals surface area contributed by atoms with Crippen LogP contribution in [0.2, 0.25) is 5.02 Å². The number of nitrogens with zero attached hydrogens (tertiary/aromatic N) is 1. The van der Waals surface area contributed by atoms with E-state index in [2.05, 4.69) is 17.0 Å². The van der Waals surface area contributed by atoms with Gasteiger partial charge >= 0.3 is 0 Å². The number of piperidine rings is 1. The Morgan fingerprint density at radius 3 is 2.90 bits per heavy atom. The molecule has 1 aliphatic heterocycles. The Kier molecular flexibility index (Phi) is 4.34. The van der Waals surface area contributed by atoms with Gasteiger partial charge in [0.1, 0.15) is 0 Å². The highest BCUT2D eigenvalue weighted by molar-refractivity contribution is 6.31. The van der Waals surface area contributed by atoms with Gasteiger partial charge < -0.3 is 4.74 Å². The average molecular weight is 294 g/mol. The van der Waals surface area contributed by atoms with Gasteiger partial charge in [0, 0.05) is 30.6 Å². The minimum absolute atomic E-state index is 0.397. The normalized spacial score (nSPS) is 31.0. The Balaban J connectivity index is 1.71. The minimum atomic E-state index is 0.397. The van der Waals surface area contributed by atoms with Crippen LogP contribution in [0.5, 0.6) is 0 Å². The predicted molar refractivity (Wildman–Crippen MR) is 83.0 cm³/mol. The molecule has 110 valence electrons. The third-order valence-electron chi connectivity index (χ3n) is 5.15. The number of rotatable bonds is 3. The first kappa shape index (κ1) is 14.4. The molecule has 3 heteroatoms. The molecule has 1 heterocycles. The number of hydrogen-bond acceptors (Lipinski definition) is 2. The molecule has 0 amide bonds. The molecule has 1 spiro atoms. The molecule has 2 atom stereocenters. The third-order valence-corrected chi connectivity index (χ3v) is 5.52. The van der Waals surface area contributed by atoms with Gasteiger partial charge in [0.25, 0.3) is 0 Å². The zero-order valence-corrected chi connectivity index (χ0v) is 13.0. The van der Waals surface area contributed by atoms with E-state index in [4.69, 9.17) is 16.3 Å². The largest absolute Gasteiger partial charge is 0.381 e. The fourth-order valence-electron chi connectivity index (χ4n) is 4.20. The highest BCUT2D eigenvalue weighted by Gasteiger charge is 2.45. The Morgan fingerprint density at radius 1 is 1.30 bits per heavy atom. The molecule has 20 heavy (non-hydrogen) atoms. The summed E-state index contributed by atoms with van der Waals surface area (Å²) in [5.74, 6) is 0. The van der Waals surface area contributed by atoms with Gasteiger partial charge in [-0.15, -0.1) is 0 Å². The van der Waals surface area contributed by atoms with Gasteiger partial charge in [-0.05, 0) is 43.9 Å². The molecule has 0 unspecified atom stereocenters. The number of likely N-dealkylation sites (tertiary alicyclic amines) is 1. The fourth-order valence-corrected chi connectivity index (χ4v) is 4.40. The van der Waals surface area contributed by atoms with E-state index < -0.39 is 0 Å². The maximum absolute atomic E-state index is 6.30. The van der Waals surface area contributed by atoms with Crippen molar-refractivity contribution in [1.82, 2.24) is 4.90 Å². The van der Waals surface area contributed by atoms with Crippen LogP contribution >= 0.6 is 11.6 Å². The number of benzene rings is 1. The van der Waals surface area contributed by atoms with Crippen molar-refractivity contribution in [2.45, 2.75) is 44.8 Å². The van der Waals surface area contributed by atoms with Crippen LogP contribution in [-0.4, -0.2) is 31.2 Å². The summed E-state index contributed by atoms with van der Waals surface area (Å²) >= 11 is 6.30. The van der Waals surface area contributed by atoms with E-state index in [-0.39, 0.29) is 0 Å². The Labute approximate surface area is 127 Å². The van der Waals surface area contributed by atoms with Crippen LogP contribution in [0.25, 0.3) is 0 Å². The van der Waals surface area contributed by atoms with Gasteiger partial charge in [-0.1, -0.05) is 36.2 Å². The van der Waals surface area contributed by atoms with Gasteiger partial charge in [0.05, 0.1) is 6.10 Å². The van der Waals surface area contributed by atoms with Crippen LogP contribution in [0.4, 0.5) is 0 Å². The van der Waals surface area contributed by atoms with Gasteiger partial charge in [-0.3, -0.25) is 4.90 Å². The molecular formula is C17H24ClNO. The minimum Gasteiger partial charge on any atom is -0.381 e. The molecule has 1 saturated heterocycles. The van der Waals surface area contributed by atoms with Crippen molar-refractivity contribution >= 4 is 11.6 Å². The van der Waals surface area contributed by atoms with Crippen LogP contribution in [0.3, 0.4) is 0 Å². The Bertz CT molecular complexity index is 464. The fraction of sp³-hybridized carbons (Fsp3) is 0.647. The maximum atomic E-state index is 6.30. The summed E-state index contributed by atoms with van der Waals surface area (Å²) < 4.78 is 5.77.